The number of nitriles is 1. The van der Waals surface area contributed by atoms with Crippen molar-refractivity contribution in [3.8, 4) is 17.3 Å². The first-order valence-corrected chi connectivity index (χ1v) is 10.8. The number of nitrogens with one attached hydrogen (secondary N) is 1. The van der Waals surface area contributed by atoms with Gasteiger partial charge in [-0.25, -0.2) is 19.3 Å². The van der Waals surface area contributed by atoms with E-state index in [0.717, 1.165) is 22.3 Å². The first kappa shape index (κ1) is 22.6. The van der Waals surface area contributed by atoms with Crippen molar-refractivity contribution in [1.82, 2.24) is 29.7 Å². The van der Waals surface area contributed by atoms with Gasteiger partial charge in [0.1, 0.15) is 17.1 Å². The minimum Gasteiger partial charge on any atom is -0.392 e. The van der Waals surface area contributed by atoms with Crippen LogP contribution < -0.4 is 4.90 Å². The number of hydrogen-bond donors (Lipinski definition) is 2. The lowest BCUT2D eigenvalue weighted by molar-refractivity contribution is 0.281. The summed E-state index contributed by atoms with van der Waals surface area (Å²) < 4.78 is 16.1. The van der Waals surface area contributed by atoms with Gasteiger partial charge in [-0.15, -0.1) is 0 Å². The van der Waals surface area contributed by atoms with Gasteiger partial charge in [-0.3, -0.25) is 4.68 Å². The minimum atomic E-state index is -0.544. The Bertz CT molecular complexity index is 1300. The SMILES string of the molecule is CN(CCC[C@H](CC#N)n1cc(-c2ncnc3[nH]ccc23)cn1)c1nc(Cl)c(CO)cc1F. The molecule has 9 nitrogen and oxygen atoms in total. The van der Waals surface area contributed by atoms with Gasteiger partial charge in [0.2, 0.25) is 0 Å². The second kappa shape index (κ2) is 9.94. The molecule has 2 N–H and O–H groups in total. The largest absolute Gasteiger partial charge is 0.392 e. The van der Waals surface area contributed by atoms with Crippen LogP contribution in [-0.2, 0) is 6.61 Å². The number of H-pyrrole nitrogens is 1. The maximum Gasteiger partial charge on any atom is 0.166 e. The van der Waals surface area contributed by atoms with E-state index in [2.05, 4.69) is 31.1 Å². The van der Waals surface area contributed by atoms with Crippen molar-refractivity contribution in [2.75, 3.05) is 18.5 Å². The number of aromatic amines is 1. The molecule has 33 heavy (non-hydrogen) atoms. The topological polar surface area (TPSA) is 120 Å². The van der Waals surface area contributed by atoms with Crippen molar-refractivity contribution >= 4 is 28.5 Å². The number of pyridine rings is 1. The molecular formula is C22H22ClFN8O. The summed E-state index contributed by atoms with van der Waals surface area (Å²) in [6.45, 7) is 0.129. The van der Waals surface area contributed by atoms with Crippen LogP contribution in [0.2, 0.25) is 5.15 Å². The molecule has 0 fully saturated rings. The molecule has 0 radical (unpaired) electrons. The summed E-state index contributed by atoms with van der Waals surface area (Å²) in [6.07, 6.45) is 8.55. The lowest BCUT2D eigenvalue weighted by Gasteiger charge is -2.21. The van der Waals surface area contributed by atoms with Crippen LogP contribution in [-0.4, -0.2) is 48.4 Å². The number of nitrogens with zero attached hydrogens (tertiary/aromatic N) is 7. The van der Waals surface area contributed by atoms with Crippen molar-refractivity contribution in [1.29, 1.82) is 5.26 Å². The fourth-order valence-corrected chi connectivity index (χ4v) is 3.93. The van der Waals surface area contributed by atoms with Gasteiger partial charge < -0.3 is 15.0 Å². The zero-order valence-electron chi connectivity index (χ0n) is 17.9. The fourth-order valence-electron chi connectivity index (χ4n) is 3.74. The summed E-state index contributed by atoms with van der Waals surface area (Å²) >= 11 is 6.01. The van der Waals surface area contributed by atoms with Gasteiger partial charge in [0.05, 0.1) is 37.0 Å². The van der Waals surface area contributed by atoms with E-state index in [4.69, 9.17) is 11.6 Å². The molecule has 0 saturated heterocycles. The van der Waals surface area contributed by atoms with E-state index in [1.807, 2.05) is 18.5 Å². The highest BCUT2D eigenvalue weighted by Gasteiger charge is 2.17. The van der Waals surface area contributed by atoms with Crippen molar-refractivity contribution < 1.29 is 9.50 Å². The van der Waals surface area contributed by atoms with Crippen LogP contribution in [0.15, 0.2) is 37.1 Å². The molecule has 4 heterocycles. The third-order valence-corrected chi connectivity index (χ3v) is 5.80. The van der Waals surface area contributed by atoms with Crippen LogP contribution in [0, 0.1) is 17.1 Å². The minimum absolute atomic E-state index is 0.0772. The van der Waals surface area contributed by atoms with Crippen molar-refractivity contribution in [2.45, 2.75) is 31.9 Å². The van der Waals surface area contributed by atoms with Gasteiger partial charge in [-0.05, 0) is 25.0 Å². The van der Waals surface area contributed by atoms with Gasteiger partial charge in [-0.1, -0.05) is 11.6 Å². The van der Waals surface area contributed by atoms with E-state index in [1.54, 1.807) is 22.8 Å². The summed E-state index contributed by atoms with van der Waals surface area (Å²) in [5.41, 5.74) is 2.60. The number of anilines is 1. The number of aliphatic hydroxyl groups is 1. The van der Waals surface area contributed by atoms with E-state index in [9.17, 15) is 14.8 Å². The zero-order valence-corrected chi connectivity index (χ0v) is 18.7. The average molecular weight is 469 g/mol. The first-order chi connectivity index (χ1) is 16.0. The van der Waals surface area contributed by atoms with Crippen molar-refractivity contribution in [3.63, 3.8) is 0 Å². The predicted molar refractivity (Wildman–Crippen MR) is 122 cm³/mol. The second-order valence-electron chi connectivity index (χ2n) is 7.65. The highest BCUT2D eigenvalue weighted by atomic mass is 35.5. The lowest BCUT2D eigenvalue weighted by Crippen LogP contribution is -2.22. The molecule has 0 aliphatic rings. The molecule has 0 aliphatic heterocycles. The van der Waals surface area contributed by atoms with Gasteiger partial charge >= 0.3 is 0 Å². The quantitative estimate of drug-likeness (QED) is 0.358. The highest BCUT2D eigenvalue weighted by molar-refractivity contribution is 6.30. The number of rotatable bonds is 9. The van der Waals surface area contributed by atoms with Crippen LogP contribution in [0.5, 0.6) is 0 Å². The molecular weight excluding hydrogens is 447 g/mol. The summed E-state index contributed by atoms with van der Waals surface area (Å²) in [6, 6.07) is 5.19. The molecule has 0 aromatic carbocycles. The van der Waals surface area contributed by atoms with E-state index < -0.39 is 5.82 Å². The van der Waals surface area contributed by atoms with Crippen LogP contribution in [0.25, 0.3) is 22.3 Å². The summed E-state index contributed by atoms with van der Waals surface area (Å²) in [5.74, 6) is -0.424. The maximum atomic E-state index is 14.3. The number of aliphatic hydroxyl groups excluding tert-OH is 1. The Morgan fingerprint density at radius 1 is 1.39 bits per heavy atom. The van der Waals surface area contributed by atoms with Gasteiger partial charge in [0.15, 0.2) is 11.6 Å². The number of halogens is 2. The molecule has 4 aromatic heterocycles. The third kappa shape index (κ3) is 4.79. The first-order valence-electron chi connectivity index (χ1n) is 10.4. The Morgan fingerprint density at radius 3 is 3.03 bits per heavy atom. The second-order valence-corrected chi connectivity index (χ2v) is 8.01. The van der Waals surface area contributed by atoms with Crippen LogP contribution in [0.3, 0.4) is 0 Å². The molecule has 0 amide bonds. The molecule has 0 unspecified atom stereocenters. The van der Waals surface area contributed by atoms with E-state index >= 15 is 0 Å². The summed E-state index contributed by atoms with van der Waals surface area (Å²) in [4.78, 5) is 17.4. The Morgan fingerprint density at radius 2 is 2.24 bits per heavy atom. The molecule has 4 rings (SSSR count). The van der Waals surface area contributed by atoms with Crippen LogP contribution in [0.4, 0.5) is 10.2 Å². The van der Waals surface area contributed by atoms with Crippen molar-refractivity contribution in [2.24, 2.45) is 0 Å². The highest BCUT2D eigenvalue weighted by Crippen LogP contribution is 2.27. The molecule has 0 bridgehead atoms. The van der Waals surface area contributed by atoms with Gasteiger partial charge in [0, 0.05) is 42.5 Å². The van der Waals surface area contributed by atoms with Crippen LogP contribution >= 0.6 is 11.6 Å². The lowest BCUT2D eigenvalue weighted by atomic mass is 10.1. The molecule has 0 saturated carbocycles. The van der Waals surface area contributed by atoms with Crippen LogP contribution in [0.1, 0.15) is 30.9 Å². The normalized spacial score (nSPS) is 12.1. The Hall–Kier alpha value is -3.55. The molecule has 1 atom stereocenters. The standard InChI is InChI=1S/C22H22ClFN8O/c1-31(22-18(24)9-14(12-33)20(23)30-22)8-2-3-16(4-6-25)32-11-15(10-29-32)19-17-5-7-26-21(17)28-13-27-19/h5,7,9-11,13,16,33H,2-4,8,12H2,1H3,(H,26,27,28)/t16-/m1/s1. The predicted octanol–water partition coefficient (Wildman–Crippen LogP) is 3.87. The monoisotopic (exact) mass is 468 g/mol. The van der Waals surface area contributed by atoms with Gasteiger partial charge in [0.25, 0.3) is 0 Å². The fraction of sp³-hybridized carbons (Fsp3) is 0.318. The van der Waals surface area contributed by atoms with Gasteiger partial charge in [-0.2, -0.15) is 10.4 Å². The molecule has 11 heteroatoms. The smallest absolute Gasteiger partial charge is 0.166 e. The molecule has 0 spiro atoms. The van der Waals surface area contributed by atoms with E-state index in [0.29, 0.717) is 19.4 Å². The molecule has 170 valence electrons. The van der Waals surface area contributed by atoms with Crippen molar-refractivity contribution in [3.05, 3.63) is 53.6 Å². The third-order valence-electron chi connectivity index (χ3n) is 5.48. The zero-order chi connectivity index (χ0) is 23.4. The summed E-state index contributed by atoms with van der Waals surface area (Å²) in [7, 11) is 1.73. The maximum absolute atomic E-state index is 14.3. The number of hydrogen-bond acceptors (Lipinski definition) is 7. The number of aromatic nitrogens is 6. The molecule has 4 aromatic rings. The summed E-state index contributed by atoms with van der Waals surface area (Å²) in [5, 5.41) is 24.0. The molecule has 0 aliphatic carbocycles. The Balaban J connectivity index is 1.44. The van der Waals surface area contributed by atoms with E-state index in [-0.39, 0.29) is 35.6 Å². The Labute approximate surface area is 194 Å². The average Bonchev–Trinajstić information content (AvgIpc) is 3.49. The van der Waals surface area contributed by atoms with E-state index in [1.165, 1.54) is 12.4 Å². The number of fused-ring (bicyclic) bond motifs is 1. The Kier molecular flexibility index (Phi) is 6.82.